The SMILES string of the molecule is C=COC(=CC)c1ccc(NC(=O)C(=O)NCc2ccccc2)cc1OC. The molecule has 2 aromatic rings. The summed E-state index contributed by atoms with van der Waals surface area (Å²) < 4.78 is 10.7. The summed E-state index contributed by atoms with van der Waals surface area (Å²) in [7, 11) is 1.51. The third-order valence-corrected chi connectivity index (χ3v) is 3.70. The number of methoxy groups -OCH3 is 1. The number of ether oxygens (including phenoxy) is 2. The molecule has 140 valence electrons. The number of nitrogens with one attached hydrogen (secondary N) is 2. The molecule has 2 aromatic carbocycles. The van der Waals surface area contributed by atoms with Crippen LogP contribution in [0.4, 0.5) is 5.69 Å². The van der Waals surface area contributed by atoms with E-state index >= 15 is 0 Å². The first-order chi connectivity index (χ1) is 13.1. The van der Waals surface area contributed by atoms with Crippen LogP contribution in [0.5, 0.6) is 5.75 Å². The molecule has 0 aliphatic rings. The van der Waals surface area contributed by atoms with Gasteiger partial charge in [0.1, 0.15) is 11.5 Å². The lowest BCUT2D eigenvalue weighted by molar-refractivity contribution is -0.136. The fourth-order valence-corrected chi connectivity index (χ4v) is 2.40. The fraction of sp³-hybridized carbons (Fsp3) is 0.143. The summed E-state index contributed by atoms with van der Waals surface area (Å²) in [6, 6.07) is 14.4. The molecular formula is C21H22N2O4. The van der Waals surface area contributed by atoms with Crippen molar-refractivity contribution in [3.8, 4) is 5.75 Å². The van der Waals surface area contributed by atoms with Crippen LogP contribution in [-0.2, 0) is 20.9 Å². The minimum absolute atomic E-state index is 0.277. The van der Waals surface area contributed by atoms with Gasteiger partial charge in [0.05, 0.1) is 18.9 Å². The van der Waals surface area contributed by atoms with Gasteiger partial charge >= 0.3 is 11.8 Å². The molecule has 0 aliphatic carbocycles. The number of anilines is 1. The molecule has 2 rings (SSSR count). The number of hydrogen-bond donors (Lipinski definition) is 2. The predicted octanol–water partition coefficient (Wildman–Crippen LogP) is 3.47. The van der Waals surface area contributed by atoms with Gasteiger partial charge in [-0.3, -0.25) is 9.59 Å². The zero-order valence-corrected chi connectivity index (χ0v) is 15.3. The molecule has 0 aliphatic heterocycles. The van der Waals surface area contributed by atoms with Gasteiger partial charge in [-0.2, -0.15) is 0 Å². The summed E-state index contributed by atoms with van der Waals surface area (Å²) in [6.07, 6.45) is 3.09. The minimum atomic E-state index is -0.755. The Morgan fingerprint density at radius 3 is 2.48 bits per heavy atom. The molecule has 0 fully saturated rings. The van der Waals surface area contributed by atoms with Crippen LogP contribution < -0.4 is 15.4 Å². The van der Waals surface area contributed by atoms with Crippen molar-refractivity contribution in [1.29, 1.82) is 0 Å². The molecule has 0 atom stereocenters. The molecule has 27 heavy (non-hydrogen) atoms. The Hall–Kier alpha value is -3.54. The van der Waals surface area contributed by atoms with E-state index in [-0.39, 0.29) is 6.54 Å². The maximum absolute atomic E-state index is 12.1. The Morgan fingerprint density at radius 2 is 1.85 bits per heavy atom. The van der Waals surface area contributed by atoms with Crippen molar-refractivity contribution in [3.63, 3.8) is 0 Å². The van der Waals surface area contributed by atoms with Crippen molar-refractivity contribution in [2.24, 2.45) is 0 Å². The number of carbonyl (C=O) groups is 2. The highest BCUT2D eigenvalue weighted by molar-refractivity contribution is 6.39. The van der Waals surface area contributed by atoms with Gasteiger partial charge < -0.3 is 20.1 Å². The third kappa shape index (κ3) is 5.47. The first-order valence-corrected chi connectivity index (χ1v) is 8.34. The molecule has 2 N–H and O–H groups in total. The Kier molecular flexibility index (Phi) is 7.19. The number of carbonyl (C=O) groups excluding carboxylic acids is 2. The van der Waals surface area contributed by atoms with Crippen LogP contribution in [0.3, 0.4) is 0 Å². The number of amides is 2. The fourth-order valence-electron chi connectivity index (χ4n) is 2.40. The number of allylic oxidation sites excluding steroid dienone is 1. The maximum atomic E-state index is 12.1. The van der Waals surface area contributed by atoms with E-state index in [0.29, 0.717) is 22.8 Å². The topological polar surface area (TPSA) is 76.7 Å². The van der Waals surface area contributed by atoms with E-state index in [0.717, 1.165) is 5.56 Å². The van der Waals surface area contributed by atoms with Crippen molar-refractivity contribution in [2.75, 3.05) is 12.4 Å². The second kappa shape index (κ2) is 9.82. The van der Waals surface area contributed by atoms with Gasteiger partial charge in [0.15, 0.2) is 0 Å². The molecule has 0 radical (unpaired) electrons. The second-order valence-corrected chi connectivity index (χ2v) is 5.47. The largest absolute Gasteiger partial charge is 0.496 e. The molecule has 0 heterocycles. The van der Waals surface area contributed by atoms with Crippen molar-refractivity contribution in [2.45, 2.75) is 13.5 Å². The van der Waals surface area contributed by atoms with Gasteiger partial charge in [-0.15, -0.1) is 0 Å². The Labute approximate surface area is 158 Å². The van der Waals surface area contributed by atoms with Crippen LogP contribution in [0.1, 0.15) is 18.1 Å². The van der Waals surface area contributed by atoms with Gasteiger partial charge in [-0.1, -0.05) is 36.9 Å². The average molecular weight is 366 g/mol. The molecule has 6 heteroatoms. The van der Waals surface area contributed by atoms with E-state index in [1.54, 1.807) is 24.3 Å². The van der Waals surface area contributed by atoms with Crippen LogP contribution in [0.2, 0.25) is 0 Å². The molecule has 2 amide bonds. The first kappa shape index (κ1) is 19.8. The number of rotatable bonds is 7. The molecule has 0 saturated heterocycles. The average Bonchev–Trinajstić information content (AvgIpc) is 2.71. The first-order valence-electron chi connectivity index (χ1n) is 8.34. The van der Waals surface area contributed by atoms with Crippen LogP contribution >= 0.6 is 0 Å². The summed E-state index contributed by atoms with van der Waals surface area (Å²) in [4.78, 5) is 24.1. The summed E-state index contributed by atoms with van der Waals surface area (Å²) in [5.41, 5.74) is 2.04. The Bertz CT molecular complexity index is 845. The van der Waals surface area contributed by atoms with Crippen molar-refractivity contribution < 1.29 is 19.1 Å². The lowest BCUT2D eigenvalue weighted by atomic mass is 10.1. The summed E-state index contributed by atoms with van der Waals surface area (Å²) in [5, 5.41) is 5.14. The van der Waals surface area contributed by atoms with Crippen molar-refractivity contribution in [1.82, 2.24) is 5.32 Å². The van der Waals surface area contributed by atoms with E-state index in [2.05, 4.69) is 17.2 Å². The number of benzene rings is 2. The summed E-state index contributed by atoms with van der Waals surface area (Å²) in [5.74, 6) is -0.409. The summed E-state index contributed by atoms with van der Waals surface area (Å²) in [6.45, 7) is 5.64. The summed E-state index contributed by atoms with van der Waals surface area (Å²) >= 11 is 0. The molecule has 0 unspecified atom stereocenters. The van der Waals surface area contributed by atoms with Crippen LogP contribution in [0.15, 0.2) is 67.4 Å². The quantitative estimate of drug-likeness (QED) is 0.581. The Balaban J connectivity index is 2.04. The molecule has 0 bridgehead atoms. The van der Waals surface area contributed by atoms with E-state index < -0.39 is 11.8 Å². The van der Waals surface area contributed by atoms with Crippen LogP contribution in [-0.4, -0.2) is 18.9 Å². The van der Waals surface area contributed by atoms with Crippen LogP contribution in [0.25, 0.3) is 5.76 Å². The highest BCUT2D eigenvalue weighted by Crippen LogP contribution is 2.30. The van der Waals surface area contributed by atoms with E-state index in [1.807, 2.05) is 37.3 Å². The Morgan fingerprint density at radius 1 is 1.11 bits per heavy atom. The maximum Gasteiger partial charge on any atom is 0.313 e. The smallest absolute Gasteiger partial charge is 0.313 e. The second-order valence-electron chi connectivity index (χ2n) is 5.47. The standard InChI is InChI=1S/C21H22N2O4/c1-4-18(27-5-2)17-12-11-16(13-19(17)26-3)23-21(25)20(24)22-14-15-9-7-6-8-10-15/h4-13H,2,14H2,1,3H3,(H,22,24)(H,23,25). The van der Waals surface area contributed by atoms with Crippen molar-refractivity contribution >= 4 is 23.3 Å². The molecular weight excluding hydrogens is 344 g/mol. The number of hydrogen-bond acceptors (Lipinski definition) is 4. The monoisotopic (exact) mass is 366 g/mol. The molecule has 0 saturated carbocycles. The van der Waals surface area contributed by atoms with Crippen molar-refractivity contribution in [3.05, 3.63) is 78.6 Å². The molecule has 0 aromatic heterocycles. The third-order valence-electron chi connectivity index (χ3n) is 3.70. The van der Waals surface area contributed by atoms with E-state index in [4.69, 9.17) is 9.47 Å². The highest BCUT2D eigenvalue weighted by atomic mass is 16.5. The van der Waals surface area contributed by atoms with Gasteiger partial charge in [0, 0.05) is 18.3 Å². The van der Waals surface area contributed by atoms with E-state index in [9.17, 15) is 9.59 Å². The van der Waals surface area contributed by atoms with Gasteiger partial charge in [-0.25, -0.2) is 0 Å². The predicted molar refractivity (Wildman–Crippen MR) is 105 cm³/mol. The molecule has 6 nitrogen and oxygen atoms in total. The molecule has 0 spiro atoms. The minimum Gasteiger partial charge on any atom is -0.496 e. The van der Waals surface area contributed by atoms with Gasteiger partial charge in [-0.05, 0) is 30.7 Å². The van der Waals surface area contributed by atoms with Gasteiger partial charge in [0.2, 0.25) is 0 Å². The lowest BCUT2D eigenvalue weighted by Crippen LogP contribution is -2.34. The van der Waals surface area contributed by atoms with E-state index in [1.165, 1.54) is 13.4 Å². The lowest BCUT2D eigenvalue weighted by Gasteiger charge is -2.13. The highest BCUT2D eigenvalue weighted by Gasteiger charge is 2.15. The van der Waals surface area contributed by atoms with Gasteiger partial charge in [0.25, 0.3) is 0 Å². The zero-order chi connectivity index (χ0) is 19.6. The normalized spacial score (nSPS) is 10.7. The zero-order valence-electron chi connectivity index (χ0n) is 15.3. The van der Waals surface area contributed by atoms with Crippen LogP contribution in [0, 0.1) is 0 Å².